The molecule has 2 rings (SSSR count). The third kappa shape index (κ3) is 4.29. The van der Waals surface area contributed by atoms with Crippen LogP contribution in [-0.4, -0.2) is 29.4 Å². The van der Waals surface area contributed by atoms with Gasteiger partial charge >= 0.3 is 5.97 Å². The molecule has 5 nitrogen and oxygen atoms in total. The van der Waals surface area contributed by atoms with E-state index in [2.05, 4.69) is 0 Å². The molecule has 0 atom stereocenters. The highest BCUT2D eigenvalue weighted by Crippen LogP contribution is 2.35. The van der Waals surface area contributed by atoms with Crippen molar-refractivity contribution in [1.82, 2.24) is 0 Å². The summed E-state index contributed by atoms with van der Waals surface area (Å²) in [4.78, 5) is 10.9. The van der Waals surface area contributed by atoms with E-state index in [9.17, 15) is 9.90 Å². The normalized spacial score (nSPS) is 10.8. The molecule has 0 radical (unpaired) electrons. The van der Waals surface area contributed by atoms with Crippen LogP contribution in [0.25, 0.3) is 12.2 Å². The van der Waals surface area contributed by atoms with E-state index in [0.29, 0.717) is 24.7 Å². The third-order valence-electron chi connectivity index (χ3n) is 3.30. The molecule has 2 aromatic carbocycles. The Morgan fingerprint density at radius 1 is 1.00 bits per heavy atom. The van der Waals surface area contributed by atoms with Crippen molar-refractivity contribution in [1.29, 1.82) is 0 Å². The molecule has 0 spiro atoms. The number of benzene rings is 2. The molecule has 0 unspecified atom stereocenters. The van der Waals surface area contributed by atoms with Crippen LogP contribution in [0.1, 0.15) is 35.3 Å². The van der Waals surface area contributed by atoms with Gasteiger partial charge in [-0.25, -0.2) is 4.79 Å². The number of hydrogen-bond acceptors (Lipinski definition) is 4. The Balaban J connectivity index is 2.31. The van der Waals surface area contributed by atoms with Gasteiger partial charge in [0.25, 0.3) is 0 Å². The van der Waals surface area contributed by atoms with E-state index in [1.54, 1.807) is 30.3 Å². The summed E-state index contributed by atoms with van der Waals surface area (Å²) >= 11 is 0. The zero-order valence-electron chi connectivity index (χ0n) is 13.7. The Morgan fingerprint density at radius 2 is 1.62 bits per heavy atom. The van der Waals surface area contributed by atoms with Crippen molar-refractivity contribution in [3.8, 4) is 17.2 Å². The highest BCUT2D eigenvalue weighted by Gasteiger charge is 2.09. The minimum absolute atomic E-state index is 0.0308. The Labute approximate surface area is 140 Å². The number of carboxylic acid groups (broad SMARTS) is 1. The van der Waals surface area contributed by atoms with Crippen LogP contribution in [0.3, 0.4) is 0 Å². The largest absolute Gasteiger partial charge is 0.504 e. The molecule has 0 saturated heterocycles. The number of hydrogen-bond donors (Lipinski definition) is 2. The molecule has 0 bridgehead atoms. The van der Waals surface area contributed by atoms with Crippen LogP contribution in [0.5, 0.6) is 17.2 Å². The van der Waals surface area contributed by atoms with E-state index < -0.39 is 5.97 Å². The highest BCUT2D eigenvalue weighted by molar-refractivity contribution is 5.88. The van der Waals surface area contributed by atoms with E-state index >= 15 is 0 Å². The summed E-state index contributed by atoms with van der Waals surface area (Å²) < 4.78 is 10.9. The summed E-state index contributed by atoms with van der Waals surface area (Å²) in [7, 11) is 0. The number of ether oxygens (including phenoxy) is 2. The van der Waals surface area contributed by atoms with Gasteiger partial charge in [0, 0.05) is 11.6 Å². The van der Waals surface area contributed by atoms with Gasteiger partial charge in [0.05, 0.1) is 18.8 Å². The van der Waals surface area contributed by atoms with Crippen molar-refractivity contribution in [3.63, 3.8) is 0 Å². The van der Waals surface area contributed by atoms with Crippen LogP contribution in [0.15, 0.2) is 36.4 Å². The van der Waals surface area contributed by atoms with Crippen molar-refractivity contribution < 1.29 is 24.5 Å². The molecule has 2 aromatic rings. The number of aromatic carboxylic acids is 1. The standard InChI is InChI=1S/C19H20O5/c1-3-23-17-12-16(20)18(24-4-2)11-15(17)10-7-13-5-8-14(9-6-13)19(21)22/h5-12,20H,3-4H2,1-2H3,(H,21,22). The molecule has 0 aliphatic rings. The molecule has 126 valence electrons. The van der Waals surface area contributed by atoms with Crippen molar-refractivity contribution in [2.75, 3.05) is 13.2 Å². The van der Waals surface area contributed by atoms with Gasteiger partial charge in [-0.05, 0) is 37.6 Å². The average molecular weight is 328 g/mol. The number of phenols is 1. The number of rotatable bonds is 7. The lowest BCUT2D eigenvalue weighted by Gasteiger charge is -2.12. The molecule has 5 heteroatoms. The second-order valence-corrected chi connectivity index (χ2v) is 4.98. The zero-order valence-corrected chi connectivity index (χ0v) is 13.7. The van der Waals surface area contributed by atoms with Crippen molar-refractivity contribution in [2.24, 2.45) is 0 Å². The first-order chi connectivity index (χ1) is 11.5. The predicted octanol–water partition coefficient (Wildman–Crippen LogP) is 4.06. The SMILES string of the molecule is CCOc1cc(C=Cc2ccc(C(=O)O)cc2)c(OCC)cc1O. The van der Waals surface area contributed by atoms with Crippen molar-refractivity contribution in [2.45, 2.75) is 13.8 Å². The third-order valence-corrected chi connectivity index (χ3v) is 3.30. The number of carbonyl (C=O) groups is 1. The zero-order chi connectivity index (χ0) is 17.5. The smallest absolute Gasteiger partial charge is 0.335 e. The van der Waals surface area contributed by atoms with Crippen LogP contribution in [0.4, 0.5) is 0 Å². The maximum atomic E-state index is 10.9. The molecule has 0 heterocycles. The predicted molar refractivity (Wildman–Crippen MR) is 92.8 cm³/mol. The lowest BCUT2D eigenvalue weighted by molar-refractivity contribution is 0.0697. The number of phenolic OH excluding ortho intramolecular Hbond substituents is 1. The number of aromatic hydroxyl groups is 1. The minimum atomic E-state index is -0.955. The molecule has 0 saturated carbocycles. The van der Waals surface area contributed by atoms with E-state index in [-0.39, 0.29) is 11.3 Å². The quantitative estimate of drug-likeness (QED) is 0.750. The average Bonchev–Trinajstić information content (AvgIpc) is 2.57. The number of carboxylic acids is 1. The summed E-state index contributed by atoms with van der Waals surface area (Å²) in [6.45, 7) is 4.63. The van der Waals surface area contributed by atoms with Crippen LogP contribution >= 0.6 is 0 Å². The molecule has 0 amide bonds. The molecular weight excluding hydrogens is 308 g/mol. The summed E-state index contributed by atoms with van der Waals surface area (Å²) in [6.07, 6.45) is 3.68. The van der Waals surface area contributed by atoms with Gasteiger partial charge in [0.2, 0.25) is 0 Å². The molecule has 0 aromatic heterocycles. The fourth-order valence-corrected chi connectivity index (χ4v) is 2.17. The Morgan fingerprint density at radius 3 is 2.21 bits per heavy atom. The van der Waals surface area contributed by atoms with Gasteiger partial charge in [-0.2, -0.15) is 0 Å². The van der Waals surface area contributed by atoms with Crippen molar-refractivity contribution in [3.05, 3.63) is 53.1 Å². The summed E-state index contributed by atoms with van der Waals surface area (Å²) in [5.41, 5.74) is 1.86. The first kappa shape index (κ1) is 17.4. The molecule has 2 N–H and O–H groups in total. The Hall–Kier alpha value is -2.95. The summed E-state index contributed by atoms with van der Waals surface area (Å²) in [5.74, 6) is 0.0194. The minimum Gasteiger partial charge on any atom is -0.504 e. The van der Waals surface area contributed by atoms with Gasteiger partial charge in [0.15, 0.2) is 11.5 Å². The fraction of sp³-hybridized carbons (Fsp3) is 0.211. The van der Waals surface area contributed by atoms with Gasteiger partial charge in [0.1, 0.15) is 5.75 Å². The van der Waals surface area contributed by atoms with E-state index in [1.165, 1.54) is 6.07 Å². The van der Waals surface area contributed by atoms with Crippen LogP contribution < -0.4 is 9.47 Å². The summed E-state index contributed by atoms with van der Waals surface area (Å²) in [6, 6.07) is 9.80. The van der Waals surface area contributed by atoms with Crippen LogP contribution in [0, 0.1) is 0 Å². The molecular formula is C19H20O5. The monoisotopic (exact) mass is 328 g/mol. The van der Waals surface area contributed by atoms with Gasteiger partial charge in [-0.15, -0.1) is 0 Å². The molecule has 0 fully saturated rings. The van der Waals surface area contributed by atoms with Gasteiger partial charge in [-0.3, -0.25) is 0 Å². The van der Waals surface area contributed by atoms with E-state index in [1.807, 2.05) is 26.0 Å². The van der Waals surface area contributed by atoms with Crippen molar-refractivity contribution >= 4 is 18.1 Å². The first-order valence-corrected chi connectivity index (χ1v) is 7.69. The Kier molecular flexibility index (Phi) is 5.84. The molecule has 0 aliphatic heterocycles. The molecule has 0 aliphatic carbocycles. The topological polar surface area (TPSA) is 76.0 Å². The summed E-state index contributed by atoms with van der Waals surface area (Å²) in [5, 5.41) is 18.9. The maximum Gasteiger partial charge on any atom is 0.335 e. The second-order valence-electron chi connectivity index (χ2n) is 4.98. The highest BCUT2D eigenvalue weighted by atomic mass is 16.5. The Bertz CT molecular complexity index is 732. The lowest BCUT2D eigenvalue weighted by atomic mass is 10.1. The van der Waals surface area contributed by atoms with Gasteiger partial charge in [-0.1, -0.05) is 24.3 Å². The lowest BCUT2D eigenvalue weighted by Crippen LogP contribution is -1.97. The van der Waals surface area contributed by atoms with Gasteiger partial charge < -0.3 is 19.7 Å². The maximum absolute atomic E-state index is 10.9. The molecule has 24 heavy (non-hydrogen) atoms. The van der Waals surface area contributed by atoms with Crippen LogP contribution in [0.2, 0.25) is 0 Å². The first-order valence-electron chi connectivity index (χ1n) is 7.69. The van der Waals surface area contributed by atoms with Crippen LogP contribution in [-0.2, 0) is 0 Å². The van der Waals surface area contributed by atoms with E-state index in [4.69, 9.17) is 14.6 Å². The van der Waals surface area contributed by atoms with E-state index in [0.717, 1.165) is 11.1 Å². The second kappa shape index (κ2) is 8.06. The fourth-order valence-electron chi connectivity index (χ4n) is 2.17.